The lowest BCUT2D eigenvalue weighted by Gasteiger charge is -2.21. The Bertz CT molecular complexity index is 528. The SMILES string of the molecule is Oc1ccc(C[C@@H](CI)C[C@@H](CI)Cc2ccc(O)cc2)cc1. The van der Waals surface area contributed by atoms with Crippen molar-refractivity contribution in [2.75, 3.05) is 8.86 Å². The molecule has 0 aliphatic heterocycles. The van der Waals surface area contributed by atoms with Gasteiger partial charge in [-0.1, -0.05) is 69.4 Å². The van der Waals surface area contributed by atoms with Crippen LogP contribution in [0.15, 0.2) is 48.5 Å². The molecule has 0 saturated carbocycles. The van der Waals surface area contributed by atoms with Gasteiger partial charge in [-0.25, -0.2) is 0 Å². The van der Waals surface area contributed by atoms with Crippen LogP contribution in [-0.4, -0.2) is 19.1 Å². The Morgan fingerprint density at radius 2 is 1.00 bits per heavy atom. The first kappa shape index (κ1) is 18.8. The van der Waals surface area contributed by atoms with Gasteiger partial charge in [-0.15, -0.1) is 0 Å². The second-order valence-electron chi connectivity index (χ2n) is 6.02. The highest BCUT2D eigenvalue weighted by Crippen LogP contribution is 2.25. The van der Waals surface area contributed by atoms with Crippen molar-refractivity contribution in [1.29, 1.82) is 0 Å². The average molecular weight is 536 g/mol. The molecule has 0 amide bonds. The van der Waals surface area contributed by atoms with Crippen molar-refractivity contribution in [2.45, 2.75) is 19.3 Å². The quantitative estimate of drug-likeness (QED) is 0.352. The minimum atomic E-state index is 0.331. The van der Waals surface area contributed by atoms with Crippen LogP contribution < -0.4 is 0 Å². The minimum Gasteiger partial charge on any atom is -0.508 e. The fraction of sp³-hybridized carbons (Fsp3) is 0.368. The fourth-order valence-electron chi connectivity index (χ4n) is 2.80. The molecule has 4 heteroatoms. The van der Waals surface area contributed by atoms with E-state index < -0.39 is 0 Å². The van der Waals surface area contributed by atoms with Gasteiger partial charge in [0.05, 0.1) is 0 Å². The van der Waals surface area contributed by atoms with Gasteiger partial charge in [0.25, 0.3) is 0 Å². The molecule has 2 nitrogen and oxygen atoms in total. The summed E-state index contributed by atoms with van der Waals surface area (Å²) in [5.74, 6) is 1.96. The molecule has 2 aromatic rings. The molecular formula is C19H22I2O2. The van der Waals surface area contributed by atoms with Gasteiger partial charge < -0.3 is 10.2 Å². The summed E-state index contributed by atoms with van der Waals surface area (Å²) in [6.45, 7) is 0. The van der Waals surface area contributed by atoms with E-state index in [1.807, 2.05) is 24.3 Å². The number of phenolic OH excluding ortho intramolecular Hbond substituents is 2. The molecule has 124 valence electrons. The number of rotatable bonds is 8. The zero-order valence-corrected chi connectivity index (χ0v) is 17.3. The van der Waals surface area contributed by atoms with Gasteiger partial charge >= 0.3 is 0 Å². The predicted molar refractivity (Wildman–Crippen MR) is 113 cm³/mol. The van der Waals surface area contributed by atoms with Gasteiger partial charge in [0, 0.05) is 8.86 Å². The molecule has 0 radical (unpaired) electrons. The van der Waals surface area contributed by atoms with Crippen LogP contribution in [0, 0.1) is 11.8 Å². The molecule has 0 bridgehead atoms. The maximum atomic E-state index is 9.39. The second-order valence-corrected chi connectivity index (χ2v) is 7.78. The van der Waals surface area contributed by atoms with Gasteiger partial charge in [0.2, 0.25) is 0 Å². The molecule has 0 aliphatic rings. The lowest BCUT2D eigenvalue weighted by atomic mass is 9.88. The van der Waals surface area contributed by atoms with E-state index in [4.69, 9.17) is 0 Å². The Labute approximate surface area is 165 Å². The summed E-state index contributed by atoms with van der Waals surface area (Å²) < 4.78 is 2.28. The summed E-state index contributed by atoms with van der Waals surface area (Å²) in [5.41, 5.74) is 2.59. The van der Waals surface area contributed by atoms with Crippen molar-refractivity contribution in [1.82, 2.24) is 0 Å². The molecule has 0 heterocycles. The molecule has 0 fully saturated rings. The summed E-state index contributed by atoms with van der Waals surface area (Å²) in [6.07, 6.45) is 3.32. The zero-order valence-electron chi connectivity index (χ0n) is 13.0. The number of phenols is 2. The van der Waals surface area contributed by atoms with E-state index in [0.717, 1.165) is 21.7 Å². The number of hydrogen-bond donors (Lipinski definition) is 2. The number of benzene rings is 2. The van der Waals surface area contributed by atoms with Crippen molar-refractivity contribution in [3.05, 3.63) is 59.7 Å². The van der Waals surface area contributed by atoms with Crippen molar-refractivity contribution in [3.8, 4) is 11.5 Å². The molecule has 2 rings (SSSR count). The highest BCUT2D eigenvalue weighted by molar-refractivity contribution is 14.1. The summed E-state index contributed by atoms with van der Waals surface area (Å²) in [6, 6.07) is 15.2. The van der Waals surface area contributed by atoms with Crippen LogP contribution in [-0.2, 0) is 12.8 Å². The second kappa shape index (κ2) is 9.71. The van der Waals surface area contributed by atoms with Gasteiger partial charge in [0.1, 0.15) is 11.5 Å². The predicted octanol–water partition coefficient (Wildman–Crippen LogP) is 5.38. The smallest absolute Gasteiger partial charge is 0.115 e. The van der Waals surface area contributed by atoms with Gasteiger partial charge in [-0.2, -0.15) is 0 Å². The largest absolute Gasteiger partial charge is 0.508 e. The molecule has 2 aromatic carbocycles. The molecule has 0 saturated heterocycles. The molecule has 2 N–H and O–H groups in total. The molecule has 23 heavy (non-hydrogen) atoms. The minimum absolute atomic E-state index is 0.331. The Morgan fingerprint density at radius 1 is 0.652 bits per heavy atom. The van der Waals surface area contributed by atoms with Crippen molar-refractivity contribution in [2.24, 2.45) is 11.8 Å². The number of hydrogen-bond acceptors (Lipinski definition) is 2. The van der Waals surface area contributed by atoms with Crippen molar-refractivity contribution >= 4 is 45.2 Å². The first-order valence-corrected chi connectivity index (χ1v) is 10.8. The van der Waals surface area contributed by atoms with E-state index in [0.29, 0.717) is 23.3 Å². The summed E-state index contributed by atoms with van der Waals surface area (Å²) >= 11 is 4.97. The average Bonchev–Trinajstić information content (AvgIpc) is 2.57. The third kappa shape index (κ3) is 6.49. The lowest BCUT2D eigenvalue weighted by molar-refractivity contribution is 0.428. The highest BCUT2D eigenvalue weighted by atomic mass is 127. The number of alkyl halides is 2. The van der Waals surface area contributed by atoms with Crippen molar-refractivity contribution in [3.63, 3.8) is 0 Å². The van der Waals surface area contributed by atoms with Gasteiger partial charge in [-0.05, 0) is 66.5 Å². The highest BCUT2D eigenvalue weighted by Gasteiger charge is 2.16. The maximum Gasteiger partial charge on any atom is 0.115 e. The molecule has 2 atom stereocenters. The summed E-state index contributed by atoms with van der Waals surface area (Å²) in [4.78, 5) is 0. The van der Waals surface area contributed by atoms with Crippen LogP contribution >= 0.6 is 45.2 Å². The first-order chi connectivity index (χ1) is 11.1. The van der Waals surface area contributed by atoms with Crippen LogP contribution in [0.3, 0.4) is 0 Å². The van der Waals surface area contributed by atoms with Crippen LogP contribution in [0.5, 0.6) is 11.5 Å². The Morgan fingerprint density at radius 3 is 1.30 bits per heavy atom. The molecule has 0 unspecified atom stereocenters. The van der Waals surface area contributed by atoms with E-state index in [-0.39, 0.29) is 0 Å². The van der Waals surface area contributed by atoms with Crippen LogP contribution in [0.25, 0.3) is 0 Å². The van der Waals surface area contributed by atoms with E-state index in [1.54, 1.807) is 24.3 Å². The normalized spacial score (nSPS) is 13.7. The topological polar surface area (TPSA) is 40.5 Å². The third-order valence-corrected chi connectivity index (χ3v) is 6.52. The van der Waals surface area contributed by atoms with Gasteiger partial charge in [-0.3, -0.25) is 0 Å². The summed E-state index contributed by atoms with van der Waals surface area (Å²) in [7, 11) is 0. The Balaban J connectivity index is 1.94. The zero-order chi connectivity index (χ0) is 16.7. The van der Waals surface area contributed by atoms with Crippen LogP contribution in [0.1, 0.15) is 17.5 Å². The molecule has 0 spiro atoms. The van der Waals surface area contributed by atoms with E-state index >= 15 is 0 Å². The maximum absolute atomic E-state index is 9.39. The number of aromatic hydroxyl groups is 2. The van der Waals surface area contributed by atoms with Crippen LogP contribution in [0.4, 0.5) is 0 Å². The standard InChI is InChI=1S/C19H22I2O2/c20-12-16(9-14-1-5-18(22)6-2-14)11-17(13-21)10-15-3-7-19(23)8-4-15/h1-8,16-17,22-23H,9-13H2/t16-,17+. The van der Waals surface area contributed by atoms with E-state index in [1.165, 1.54) is 17.5 Å². The first-order valence-electron chi connectivity index (χ1n) is 7.78. The third-order valence-electron chi connectivity index (χ3n) is 4.02. The Kier molecular flexibility index (Phi) is 7.95. The van der Waals surface area contributed by atoms with E-state index in [9.17, 15) is 10.2 Å². The summed E-state index contributed by atoms with van der Waals surface area (Å²) in [5, 5.41) is 18.8. The monoisotopic (exact) mass is 536 g/mol. The fourth-order valence-corrected chi connectivity index (χ4v) is 4.15. The molecular weight excluding hydrogens is 514 g/mol. The number of halogens is 2. The Hall–Kier alpha value is -0.500. The van der Waals surface area contributed by atoms with Crippen molar-refractivity contribution < 1.29 is 10.2 Å². The lowest BCUT2D eigenvalue weighted by Crippen LogP contribution is -2.16. The molecule has 0 aromatic heterocycles. The van der Waals surface area contributed by atoms with Gasteiger partial charge in [0.15, 0.2) is 0 Å². The van der Waals surface area contributed by atoms with E-state index in [2.05, 4.69) is 45.2 Å². The molecule has 0 aliphatic carbocycles. The van der Waals surface area contributed by atoms with Crippen LogP contribution in [0.2, 0.25) is 0 Å².